The molecule has 1 atom stereocenters. The zero-order valence-electron chi connectivity index (χ0n) is 19.0. The Labute approximate surface area is 176 Å². The van der Waals surface area contributed by atoms with Crippen molar-refractivity contribution < 1.29 is 14.3 Å². The van der Waals surface area contributed by atoms with Gasteiger partial charge in [0.2, 0.25) is 0 Å². The molecule has 1 amide bonds. The molecule has 0 N–H and O–H groups in total. The van der Waals surface area contributed by atoms with Crippen LogP contribution < -0.4 is 0 Å². The van der Waals surface area contributed by atoms with Crippen LogP contribution in [0.15, 0.2) is 30.3 Å². The lowest BCUT2D eigenvalue weighted by atomic mass is 9.77. The summed E-state index contributed by atoms with van der Waals surface area (Å²) in [6.45, 7) is 6.61. The highest BCUT2D eigenvalue weighted by Crippen LogP contribution is 2.31. The highest BCUT2D eigenvalue weighted by molar-refractivity contribution is 5.89. The van der Waals surface area contributed by atoms with Gasteiger partial charge in [0.1, 0.15) is 5.60 Å². The Bertz CT molecular complexity index is 658. The van der Waals surface area contributed by atoms with Crippen molar-refractivity contribution in [3.63, 3.8) is 0 Å². The third-order valence-electron chi connectivity index (χ3n) is 5.62. The molecule has 0 radical (unpaired) electrons. The zero-order chi connectivity index (χ0) is 21.6. The number of nitrogens with zero attached hydrogens (tertiary/aromatic N) is 2. The Hall–Kier alpha value is -1.88. The number of hydrogen-bond donors (Lipinski definition) is 0. The van der Waals surface area contributed by atoms with Gasteiger partial charge in [-0.1, -0.05) is 30.3 Å². The van der Waals surface area contributed by atoms with E-state index in [4.69, 9.17) is 4.74 Å². The molecule has 2 rings (SSSR count). The van der Waals surface area contributed by atoms with Gasteiger partial charge in [-0.15, -0.1) is 0 Å². The van der Waals surface area contributed by atoms with Gasteiger partial charge < -0.3 is 14.5 Å². The van der Waals surface area contributed by atoms with Crippen LogP contribution in [-0.4, -0.2) is 61.0 Å². The minimum Gasteiger partial charge on any atom is -0.444 e. The van der Waals surface area contributed by atoms with Crippen molar-refractivity contribution in [1.82, 2.24) is 9.80 Å². The summed E-state index contributed by atoms with van der Waals surface area (Å²) < 4.78 is 5.55. The molecule has 0 saturated heterocycles. The number of ether oxygens (including phenoxy) is 1. The molecule has 162 valence electrons. The van der Waals surface area contributed by atoms with Crippen molar-refractivity contribution in [2.75, 3.05) is 27.7 Å². The fourth-order valence-corrected chi connectivity index (χ4v) is 4.14. The van der Waals surface area contributed by atoms with E-state index in [2.05, 4.69) is 19.0 Å². The maximum atomic E-state index is 13.5. The summed E-state index contributed by atoms with van der Waals surface area (Å²) >= 11 is 0. The summed E-state index contributed by atoms with van der Waals surface area (Å²) in [5.74, 6) is 0.850. The van der Waals surface area contributed by atoms with E-state index in [1.807, 2.05) is 51.1 Å². The molecule has 29 heavy (non-hydrogen) atoms. The molecule has 0 spiro atoms. The molecule has 5 heteroatoms. The van der Waals surface area contributed by atoms with Crippen molar-refractivity contribution >= 4 is 11.9 Å². The number of hydrogen-bond acceptors (Lipinski definition) is 4. The van der Waals surface area contributed by atoms with Crippen LogP contribution in [0.3, 0.4) is 0 Å². The quantitative estimate of drug-likeness (QED) is 0.678. The standard InChI is InChI=1S/C24H38N2O3/c1-24(2,3)29-23(28)26(6)21(16-18-10-8-7-9-11-18)22(27)20-14-12-19(13-15-20)17-25(4)5/h7-11,19-21H,12-17H2,1-6H3/t19?,20?,21-/m1/s1. The Morgan fingerprint density at radius 2 is 1.62 bits per heavy atom. The number of ketones is 1. The monoisotopic (exact) mass is 402 g/mol. The number of likely N-dealkylation sites (N-methyl/N-ethyl adjacent to an activating group) is 1. The molecule has 1 fully saturated rings. The third-order valence-corrected chi connectivity index (χ3v) is 5.62. The number of rotatable bonds is 7. The molecule has 0 heterocycles. The Balaban J connectivity index is 2.12. The molecule has 1 aromatic carbocycles. The molecule has 1 saturated carbocycles. The second-order valence-corrected chi connectivity index (χ2v) is 9.68. The Morgan fingerprint density at radius 3 is 2.14 bits per heavy atom. The molecule has 1 aliphatic carbocycles. The number of carbonyl (C=O) groups is 2. The van der Waals surface area contributed by atoms with Crippen LogP contribution in [0.2, 0.25) is 0 Å². The molecular weight excluding hydrogens is 364 g/mol. The van der Waals surface area contributed by atoms with E-state index in [-0.39, 0.29) is 11.7 Å². The van der Waals surface area contributed by atoms with Gasteiger partial charge in [0.15, 0.2) is 5.78 Å². The SMILES string of the molecule is CN(C)CC1CCC(C(=O)[C@@H](Cc2ccccc2)N(C)C(=O)OC(C)(C)C)CC1. The first kappa shape index (κ1) is 23.4. The Morgan fingerprint density at radius 1 is 1.03 bits per heavy atom. The van der Waals surface area contributed by atoms with Gasteiger partial charge in [-0.25, -0.2) is 4.79 Å². The average molecular weight is 403 g/mol. The first-order chi connectivity index (χ1) is 13.6. The molecule has 1 aromatic rings. The summed E-state index contributed by atoms with van der Waals surface area (Å²) in [6, 6.07) is 9.42. The van der Waals surface area contributed by atoms with Gasteiger partial charge in [0.05, 0.1) is 6.04 Å². The first-order valence-electron chi connectivity index (χ1n) is 10.7. The predicted octanol–water partition coefficient (Wildman–Crippen LogP) is 4.40. The van der Waals surface area contributed by atoms with E-state index in [0.29, 0.717) is 12.3 Å². The molecule has 5 nitrogen and oxygen atoms in total. The zero-order valence-corrected chi connectivity index (χ0v) is 19.0. The third kappa shape index (κ3) is 7.46. The second-order valence-electron chi connectivity index (χ2n) is 9.68. The molecular formula is C24H38N2O3. The lowest BCUT2D eigenvalue weighted by Crippen LogP contribution is -2.48. The van der Waals surface area contributed by atoms with Crippen molar-refractivity contribution in [1.29, 1.82) is 0 Å². The normalized spacial score (nSPS) is 20.9. The van der Waals surface area contributed by atoms with Gasteiger partial charge in [-0.05, 0) is 72.0 Å². The summed E-state index contributed by atoms with van der Waals surface area (Å²) in [7, 11) is 5.89. The summed E-state index contributed by atoms with van der Waals surface area (Å²) in [4.78, 5) is 29.9. The highest BCUT2D eigenvalue weighted by Gasteiger charge is 2.36. The van der Waals surface area contributed by atoms with Crippen LogP contribution in [0.4, 0.5) is 4.79 Å². The van der Waals surface area contributed by atoms with E-state index in [0.717, 1.165) is 37.8 Å². The van der Waals surface area contributed by atoms with E-state index < -0.39 is 17.7 Å². The number of carbonyl (C=O) groups excluding carboxylic acids is 2. The maximum absolute atomic E-state index is 13.5. The largest absolute Gasteiger partial charge is 0.444 e. The molecule has 0 aliphatic heterocycles. The van der Waals surface area contributed by atoms with Crippen LogP contribution in [0.5, 0.6) is 0 Å². The fourth-order valence-electron chi connectivity index (χ4n) is 4.14. The van der Waals surface area contributed by atoms with E-state index in [9.17, 15) is 9.59 Å². The lowest BCUT2D eigenvalue weighted by Gasteiger charge is -2.35. The summed E-state index contributed by atoms with van der Waals surface area (Å²) in [5, 5.41) is 0. The fraction of sp³-hybridized carbons (Fsp3) is 0.667. The molecule has 0 unspecified atom stereocenters. The van der Waals surface area contributed by atoms with Gasteiger partial charge in [-0.3, -0.25) is 4.79 Å². The van der Waals surface area contributed by atoms with Crippen LogP contribution in [0, 0.1) is 11.8 Å². The topological polar surface area (TPSA) is 49.9 Å². The predicted molar refractivity (Wildman–Crippen MR) is 117 cm³/mol. The lowest BCUT2D eigenvalue weighted by molar-refractivity contribution is -0.129. The van der Waals surface area contributed by atoms with Crippen molar-refractivity contribution in [3.8, 4) is 0 Å². The van der Waals surface area contributed by atoms with Crippen molar-refractivity contribution in [2.45, 2.75) is 64.5 Å². The van der Waals surface area contributed by atoms with E-state index >= 15 is 0 Å². The number of amides is 1. The van der Waals surface area contributed by atoms with Crippen LogP contribution >= 0.6 is 0 Å². The molecule has 0 aromatic heterocycles. The van der Waals surface area contributed by atoms with Gasteiger partial charge in [0.25, 0.3) is 0 Å². The second kappa shape index (κ2) is 10.2. The summed E-state index contributed by atoms with van der Waals surface area (Å²) in [6.07, 6.45) is 4.04. The van der Waals surface area contributed by atoms with E-state index in [1.165, 1.54) is 4.90 Å². The smallest absolute Gasteiger partial charge is 0.410 e. The van der Waals surface area contributed by atoms with E-state index in [1.54, 1.807) is 7.05 Å². The average Bonchev–Trinajstić information content (AvgIpc) is 2.64. The van der Waals surface area contributed by atoms with Gasteiger partial charge in [-0.2, -0.15) is 0 Å². The minimum absolute atomic E-state index is 0.0204. The highest BCUT2D eigenvalue weighted by atomic mass is 16.6. The van der Waals surface area contributed by atoms with Crippen LogP contribution in [-0.2, 0) is 16.0 Å². The van der Waals surface area contributed by atoms with Gasteiger partial charge in [0, 0.05) is 25.9 Å². The van der Waals surface area contributed by atoms with Gasteiger partial charge >= 0.3 is 6.09 Å². The maximum Gasteiger partial charge on any atom is 0.410 e. The Kier molecular flexibility index (Phi) is 8.26. The number of benzene rings is 1. The molecule has 1 aliphatic rings. The van der Waals surface area contributed by atoms with Crippen molar-refractivity contribution in [3.05, 3.63) is 35.9 Å². The summed E-state index contributed by atoms with van der Waals surface area (Å²) in [5.41, 5.74) is 0.471. The number of Topliss-reactive ketones (excluding diaryl/α,β-unsaturated/α-hetero) is 1. The van der Waals surface area contributed by atoms with Crippen LogP contribution in [0.25, 0.3) is 0 Å². The first-order valence-corrected chi connectivity index (χ1v) is 10.7. The van der Waals surface area contributed by atoms with Crippen LogP contribution in [0.1, 0.15) is 52.0 Å². The van der Waals surface area contributed by atoms with Crippen molar-refractivity contribution in [2.24, 2.45) is 11.8 Å². The minimum atomic E-state index is -0.587. The molecule has 0 bridgehead atoms.